The second-order valence-electron chi connectivity index (χ2n) is 4.36. The van der Waals surface area contributed by atoms with Crippen LogP contribution in [-0.4, -0.2) is 27.2 Å². The monoisotopic (exact) mass is 241 g/mol. The average Bonchev–Trinajstić information content (AvgIpc) is 2.28. The molecule has 1 aliphatic carbocycles. The van der Waals surface area contributed by atoms with E-state index in [2.05, 4.69) is 15.3 Å². The van der Waals surface area contributed by atoms with Crippen LogP contribution >= 0.6 is 11.6 Å². The van der Waals surface area contributed by atoms with Crippen molar-refractivity contribution in [1.82, 2.24) is 9.97 Å². The Hall–Kier alpha value is -0.870. The first-order valence-corrected chi connectivity index (χ1v) is 6.00. The molecular formula is C11H16ClN3O. The molecule has 0 aromatic carbocycles. The van der Waals surface area contributed by atoms with E-state index in [1.807, 2.05) is 0 Å². The van der Waals surface area contributed by atoms with Crippen molar-refractivity contribution in [3.05, 3.63) is 17.5 Å². The number of halogens is 1. The second kappa shape index (κ2) is 4.97. The molecule has 88 valence electrons. The van der Waals surface area contributed by atoms with E-state index >= 15 is 0 Å². The number of aliphatic hydroxyl groups is 1. The van der Waals surface area contributed by atoms with Crippen molar-refractivity contribution < 1.29 is 5.11 Å². The molecule has 0 aliphatic heterocycles. The summed E-state index contributed by atoms with van der Waals surface area (Å²) in [5, 5.41) is 13.8. The van der Waals surface area contributed by atoms with Crippen molar-refractivity contribution in [2.45, 2.75) is 37.7 Å². The van der Waals surface area contributed by atoms with Gasteiger partial charge in [0.2, 0.25) is 0 Å². The largest absolute Gasteiger partial charge is 0.388 e. The van der Waals surface area contributed by atoms with Crippen molar-refractivity contribution in [2.24, 2.45) is 0 Å². The van der Waals surface area contributed by atoms with E-state index < -0.39 is 5.60 Å². The van der Waals surface area contributed by atoms with E-state index in [1.54, 1.807) is 6.07 Å². The third-order valence-corrected chi connectivity index (χ3v) is 3.22. The number of nitrogens with zero attached hydrogens (tertiary/aromatic N) is 2. The molecule has 5 heteroatoms. The molecule has 0 bridgehead atoms. The maximum absolute atomic E-state index is 10.3. The summed E-state index contributed by atoms with van der Waals surface area (Å²) in [6, 6.07) is 1.66. The van der Waals surface area contributed by atoms with Crippen molar-refractivity contribution in [3.63, 3.8) is 0 Å². The van der Waals surface area contributed by atoms with Crippen molar-refractivity contribution in [1.29, 1.82) is 0 Å². The minimum Gasteiger partial charge on any atom is -0.388 e. The normalized spacial score (nSPS) is 19.4. The van der Waals surface area contributed by atoms with Crippen molar-refractivity contribution in [2.75, 3.05) is 11.9 Å². The van der Waals surface area contributed by atoms with Crippen LogP contribution in [0.4, 0.5) is 5.82 Å². The Morgan fingerprint density at radius 3 is 2.75 bits per heavy atom. The molecule has 1 saturated carbocycles. The zero-order chi connectivity index (χ0) is 11.4. The molecule has 1 aromatic rings. The molecule has 1 fully saturated rings. The van der Waals surface area contributed by atoms with Crippen molar-refractivity contribution >= 4 is 17.4 Å². The van der Waals surface area contributed by atoms with Crippen LogP contribution in [0.3, 0.4) is 0 Å². The second-order valence-corrected chi connectivity index (χ2v) is 4.75. The van der Waals surface area contributed by atoms with Gasteiger partial charge < -0.3 is 10.4 Å². The average molecular weight is 242 g/mol. The highest BCUT2D eigenvalue weighted by Crippen LogP contribution is 2.28. The summed E-state index contributed by atoms with van der Waals surface area (Å²) < 4.78 is 0. The van der Waals surface area contributed by atoms with Crippen LogP contribution in [0.1, 0.15) is 32.1 Å². The van der Waals surface area contributed by atoms with Gasteiger partial charge in [-0.3, -0.25) is 0 Å². The van der Waals surface area contributed by atoms with Gasteiger partial charge in [-0.1, -0.05) is 30.9 Å². The molecule has 0 unspecified atom stereocenters. The third kappa shape index (κ3) is 3.06. The number of rotatable bonds is 3. The Morgan fingerprint density at radius 2 is 2.06 bits per heavy atom. The minimum absolute atomic E-state index is 0.410. The van der Waals surface area contributed by atoms with Crippen LogP contribution in [0.5, 0.6) is 0 Å². The third-order valence-electron chi connectivity index (χ3n) is 3.02. The van der Waals surface area contributed by atoms with Gasteiger partial charge in [0, 0.05) is 12.6 Å². The predicted octanol–water partition coefficient (Wildman–Crippen LogP) is 2.24. The number of hydrogen-bond acceptors (Lipinski definition) is 4. The van der Waals surface area contributed by atoms with Crippen LogP contribution in [0, 0.1) is 0 Å². The molecule has 2 N–H and O–H groups in total. The lowest BCUT2D eigenvalue weighted by molar-refractivity contribution is 0.0166. The number of aromatic nitrogens is 2. The Bertz CT molecular complexity index is 353. The summed E-state index contributed by atoms with van der Waals surface area (Å²) in [5.41, 5.74) is -0.588. The molecule has 0 spiro atoms. The Labute approximate surface area is 100 Å². The quantitative estimate of drug-likeness (QED) is 0.797. The van der Waals surface area contributed by atoms with Gasteiger partial charge in [0.05, 0.1) is 5.60 Å². The van der Waals surface area contributed by atoms with Gasteiger partial charge in [-0.2, -0.15) is 0 Å². The summed E-state index contributed by atoms with van der Waals surface area (Å²) in [6.45, 7) is 0.528. The molecule has 0 saturated heterocycles. The summed E-state index contributed by atoms with van der Waals surface area (Å²) in [7, 11) is 0. The lowest BCUT2D eigenvalue weighted by Crippen LogP contribution is -2.38. The first-order chi connectivity index (χ1) is 7.68. The molecule has 1 aromatic heterocycles. The fraction of sp³-hybridized carbons (Fsp3) is 0.636. The van der Waals surface area contributed by atoms with E-state index in [4.69, 9.17) is 11.6 Å². The van der Waals surface area contributed by atoms with Gasteiger partial charge in [0.1, 0.15) is 17.3 Å². The zero-order valence-electron chi connectivity index (χ0n) is 9.12. The first kappa shape index (κ1) is 11.6. The van der Waals surface area contributed by atoms with Gasteiger partial charge in [-0.25, -0.2) is 9.97 Å². The fourth-order valence-corrected chi connectivity index (χ4v) is 2.22. The maximum atomic E-state index is 10.3. The van der Waals surface area contributed by atoms with E-state index in [-0.39, 0.29) is 0 Å². The van der Waals surface area contributed by atoms with Gasteiger partial charge in [0.15, 0.2) is 0 Å². The Kier molecular flexibility index (Phi) is 3.61. The summed E-state index contributed by atoms with van der Waals surface area (Å²) in [4.78, 5) is 7.84. The number of nitrogens with one attached hydrogen (secondary N) is 1. The molecule has 16 heavy (non-hydrogen) atoms. The van der Waals surface area contributed by atoms with Crippen LogP contribution in [0.15, 0.2) is 12.4 Å². The Balaban J connectivity index is 1.91. The minimum atomic E-state index is -0.588. The van der Waals surface area contributed by atoms with Gasteiger partial charge >= 0.3 is 0 Å². The number of hydrogen-bond donors (Lipinski definition) is 2. The number of anilines is 1. The molecule has 0 atom stereocenters. The van der Waals surface area contributed by atoms with Gasteiger partial charge in [-0.05, 0) is 12.8 Å². The van der Waals surface area contributed by atoms with Crippen LogP contribution < -0.4 is 5.32 Å². The molecule has 0 amide bonds. The summed E-state index contributed by atoms with van der Waals surface area (Å²) in [6.07, 6.45) is 6.56. The maximum Gasteiger partial charge on any atom is 0.134 e. The van der Waals surface area contributed by atoms with Crippen LogP contribution in [0.2, 0.25) is 5.15 Å². The van der Waals surface area contributed by atoms with Crippen LogP contribution in [-0.2, 0) is 0 Å². The van der Waals surface area contributed by atoms with Gasteiger partial charge in [0.25, 0.3) is 0 Å². The fourth-order valence-electron chi connectivity index (χ4n) is 2.07. The summed E-state index contributed by atoms with van der Waals surface area (Å²) in [5.74, 6) is 0.666. The van der Waals surface area contributed by atoms with E-state index in [0.29, 0.717) is 17.5 Å². The lowest BCUT2D eigenvalue weighted by Gasteiger charge is -2.32. The highest BCUT2D eigenvalue weighted by atomic mass is 35.5. The zero-order valence-corrected chi connectivity index (χ0v) is 9.87. The van der Waals surface area contributed by atoms with Gasteiger partial charge in [-0.15, -0.1) is 0 Å². The molecule has 1 aliphatic rings. The standard InChI is InChI=1S/C11H16ClN3O/c12-9-6-10(15-8-14-9)13-7-11(16)4-2-1-3-5-11/h6,8,16H,1-5,7H2,(H,13,14,15). The van der Waals surface area contributed by atoms with E-state index in [0.717, 1.165) is 25.7 Å². The van der Waals surface area contributed by atoms with E-state index in [9.17, 15) is 5.11 Å². The molecule has 1 heterocycles. The van der Waals surface area contributed by atoms with Crippen LogP contribution in [0.25, 0.3) is 0 Å². The highest BCUT2D eigenvalue weighted by Gasteiger charge is 2.28. The predicted molar refractivity (Wildman–Crippen MR) is 63.6 cm³/mol. The molecular weight excluding hydrogens is 226 g/mol. The molecule has 2 rings (SSSR count). The first-order valence-electron chi connectivity index (χ1n) is 5.62. The smallest absolute Gasteiger partial charge is 0.134 e. The topological polar surface area (TPSA) is 58.0 Å². The highest BCUT2D eigenvalue weighted by molar-refractivity contribution is 6.29. The SMILES string of the molecule is OC1(CNc2cc(Cl)ncn2)CCCCC1. The van der Waals surface area contributed by atoms with Crippen molar-refractivity contribution in [3.8, 4) is 0 Å². The Morgan fingerprint density at radius 1 is 1.31 bits per heavy atom. The van der Waals surface area contributed by atoms with E-state index in [1.165, 1.54) is 12.7 Å². The molecule has 4 nitrogen and oxygen atoms in total. The molecule has 0 radical (unpaired) electrons. The summed E-state index contributed by atoms with van der Waals surface area (Å²) >= 11 is 5.75. The lowest BCUT2D eigenvalue weighted by atomic mass is 9.85.